The van der Waals surface area contributed by atoms with Crippen molar-refractivity contribution < 1.29 is 9.84 Å². The molecule has 0 aromatic heterocycles. The van der Waals surface area contributed by atoms with Gasteiger partial charge in [0.25, 0.3) is 0 Å². The summed E-state index contributed by atoms with van der Waals surface area (Å²) in [6.45, 7) is 5.62. The number of likely N-dealkylation sites (tertiary alicyclic amines) is 1. The van der Waals surface area contributed by atoms with Gasteiger partial charge >= 0.3 is 0 Å². The number of benzene rings is 1. The Kier molecular flexibility index (Phi) is 8.77. The van der Waals surface area contributed by atoms with E-state index in [1.54, 1.807) is 7.11 Å². The quantitative estimate of drug-likeness (QED) is 0.564. The van der Waals surface area contributed by atoms with Gasteiger partial charge in [-0.15, -0.1) is 0 Å². The number of aliphatic hydroxyl groups is 1. The van der Waals surface area contributed by atoms with E-state index in [1.165, 1.54) is 58.0 Å². The molecule has 1 saturated heterocycles. The van der Waals surface area contributed by atoms with Crippen molar-refractivity contribution in [3.05, 3.63) is 29.8 Å². The van der Waals surface area contributed by atoms with Crippen LogP contribution in [0.5, 0.6) is 5.75 Å². The van der Waals surface area contributed by atoms with Gasteiger partial charge in [-0.25, -0.2) is 0 Å². The van der Waals surface area contributed by atoms with E-state index >= 15 is 0 Å². The second-order valence-electron chi connectivity index (χ2n) is 7.58. The van der Waals surface area contributed by atoms with Gasteiger partial charge in [0.15, 0.2) is 0 Å². The van der Waals surface area contributed by atoms with Gasteiger partial charge in [0.2, 0.25) is 0 Å². The van der Waals surface area contributed by atoms with Crippen molar-refractivity contribution in [2.24, 2.45) is 0 Å². The van der Waals surface area contributed by atoms with Gasteiger partial charge in [-0.05, 0) is 56.5 Å². The fourth-order valence-electron chi connectivity index (χ4n) is 3.86. The molecule has 3 nitrogen and oxygen atoms in total. The first-order chi connectivity index (χ1) is 12.2. The van der Waals surface area contributed by atoms with E-state index < -0.39 is 5.60 Å². The van der Waals surface area contributed by atoms with E-state index in [1.807, 2.05) is 24.3 Å². The Labute approximate surface area is 154 Å². The summed E-state index contributed by atoms with van der Waals surface area (Å²) in [4.78, 5) is 2.52. The molecular formula is C22H37NO2. The van der Waals surface area contributed by atoms with E-state index in [0.29, 0.717) is 0 Å². The third kappa shape index (κ3) is 6.63. The number of nitrogens with zero attached hydrogens (tertiary/aromatic N) is 1. The van der Waals surface area contributed by atoms with Gasteiger partial charge in [0, 0.05) is 6.54 Å². The fraction of sp³-hybridized carbons (Fsp3) is 0.727. The lowest BCUT2D eigenvalue weighted by Crippen LogP contribution is -2.36. The summed E-state index contributed by atoms with van der Waals surface area (Å²) in [5.41, 5.74) is 0.330. The van der Waals surface area contributed by atoms with E-state index in [2.05, 4.69) is 11.8 Å². The minimum Gasteiger partial charge on any atom is -0.497 e. The molecule has 0 radical (unpaired) electrons. The first kappa shape index (κ1) is 20.3. The Hall–Kier alpha value is -1.06. The van der Waals surface area contributed by atoms with Crippen molar-refractivity contribution in [1.82, 2.24) is 4.90 Å². The number of rotatable bonds is 11. The van der Waals surface area contributed by atoms with Crippen LogP contribution in [0.2, 0.25) is 0 Å². The van der Waals surface area contributed by atoms with Crippen LogP contribution in [-0.2, 0) is 5.60 Å². The molecule has 2 rings (SSSR count). The first-order valence-corrected chi connectivity index (χ1v) is 10.3. The monoisotopic (exact) mass is 347 g/mol. The third-order valence-electron chi connectivity index (χ3n) is 5.61. The van der Waals surface area contributed by atoms with Gasteiger partial charge in [-0.1, -0.05) is 57.6 Å². The molecule has 0 bridgehead atoms. The summed E-state index contributed by atoms with van der Waals surface area (Å²) in [6.07, 6.45) is 11.8. The van der Waals surface area contributed by atoms with Crippen molar-refractivity contribution in [2.45, 2.75) is 76.7 Å². The van der Waals surface area contributed by atoms with Gasteiger partial charge in [-0.2, -0.15) is 0 Å². The van der Waals surface area contributed by atoms with Crippen LogP contribution in [0.3, 0.4) is 0 Å². The highest BCUT2D eigenvalue weighted by molar-refractivity contribution is 5.30. The maximum Gasteiger partial charge on any atom is 0.118 e. The van der Waals surface area contributed by atoms with Crippen LogP contribution in [0.1, 0.15) is 76.7 Å². The Morgan fingerprint density at radius 1 is 0.960 bits per heavy atom. The van der Waals surface area contributed by atoms with Crippen molar-refractivity contribution >= 4 is 0 Å². The Morgan fingerprint density at radius 3 is 2.28 bits per heavy atom. The molecule has 25 heavy (non-hydrogen) atoms. The van der Waals surface area contributed by atoms with Crippen molar-refractivity contribution in [3.63, 3.8) is 0 Å². The zero-order valence-electron chi connectivity index (χ0n) is 16.3. The second-order valence-corrected chi connectivity index (χ2v) is 7.58. The molecule has 1 fully saturated rings. The Morgan fingerprint density at radius 2 is 1.64 bits per heavy atom. The van der Waals surface area contributed by atoms with Crippen LogP contribution in [0, 0.1) is 0 Å². The van der Waals surface area contributed by atoms with Crippen LogP contribution >= 0.6 is 0 Å². The van der Waals surface area contributed by atoms with E-state index in [4.69, 9.17) is 4.74 Å². The summed E-state index contributed by atoms with van der Waals surface area (Å²) in [5, 5.41) is 11.5. The van der Waals surface area contributed by atoms with Crippen molar-refractivity contribution in [1.29, 1.82) is 0 Å². The molecule has 1 aliphatic rings. The summed E-state index contributed by atoms with van der Waals surface area (Å²) in [7, 11) is 1.69. The molecule has 1 aliphatic heterocycles. The van der Waals surface area contributed by atoms with Crippen molar-refractivity contribution in [2.75, 3.05) is 26.7 Å². The molecule has 1 aromatic carbocycles. The molecule has 3 heteroatoms. The van der Waals surface area contributed by atoms with Crippen LogP contribution in [-0.4, -0.2) is 36.8 Å². The highest BCUT2D eigenvalue weighted by Crippen LogP contribution is 2.33. The number of methoxy groups -OCH3 is 1. The van der Waals surface area contributed by atoms with Crippen LogP contribution < -0.4 is 4.74 Å². The summed E-state index contributed by atoms with van der Waals surface area (Å²) in [5.74, 6) is 0.852. The van der Waals surface area contributed by atoms with Crippen LogP contribution in [0.25, 0.3) is 0 Å². The lowest BCUT2D eigenvalue weighted by molar-refractivity contribution is 0.00475. The summed E-state index contributed by atoms with van der Waals surface area (Å²) >= 11 is 0. The molecule has 0 spiro atoms. The first-order valence-electron chi connectivity index (χ1n) is 10.3. The number of hydrogen-bond acceptors (Lipinski definition) is 3. The Bertz CT molecular complexity index is 467. The number of piperidine rings is 1. The molecule has 142 valence electrons. The maximum atomic E-state index is 11.5. The summed E-state index contributed by atoms with van der Waals surface area (Å²) < 4.78 is 5.27. The van der Waals surface area contributed by atoms with Crippen LogP contribution in [0.4, 0.5) is 0 Å². The topological polar surface area (TPSA) is 32.7 Å². The minimum atomic E-state index is -0.712. The van der Waals surface area contributed by atoms with E-state index in [-0.39, 0.29) is 0 Å². The average Bonchev–Trinajstić information content (AvgIpc) is 2.67. The molecule has 1 aromatic rings. The number of ether oxygens (including phenoxy) is 1. The van der Waals surface area contributed by atoms with E-state index in [0.717, 1.165) is 37.1 Å². The lowest BCUT2D eigenvalue weighted by Gasteiger charge is -2.33. The average molecular weight is 348 g/mol. The molecule has 0 unspecified atom stereocenters. The molecule has 0 aliphatic carbocycles. The number of unbranched alkanes of at least 4 members (excludes halogenated alkanes) is 4. The Balaban J connectivity index is 1.97. The fourth-order valence-corrected chi connectivity index (χ4v) is 3.86. The largest absolute Gasteiger partial charge is 0.497 e. The maximum absolute atomic E-state index is 11.5. The zero-order valence-corrected chi connectivity index (χ0v) is 16.3. The smallest absolute Gasteiger partial charge is 0.118 e. The number of hydrogen-bond donors (Lipinski definition) is 1. The molecule has 0 amide bonds. The van der Waals surface area contributed by atoms with Gasteiger partial charge in [0.05, 0.1) is 12.7 Å². The minimum absolute atomic E-state index is 0.712. The van der Waals surface area contributed by atoms with E-state index in [9.17, 15) is 5.11 Å². The molecular weight excluding hydrogens is 310 g/mol. The van der Waals surface area contributed by atoms with Crippen molar-refractivity contribution in [3.8, 4) is 5.75 Å². The predicted octanol–water partition coefficient (Wildman–Crippen LogP) is 5.12. The molecule has 0 saturated carbocycles. The normalized spacial score (nSPS) is 18.0. The second kappa shape index (κ2) is 10.8. The van der Waals surface area contributed by atoms with Gasteiger partial charge in [0.1, 0.15) is 5.75 Å². The predicted molar refractivity (Wildman–Crippen MR) is 105 cm³/mol. The molecule has 1 heterocycles. The highest BCUT2D eigenvalue weighted by Gasteiger charge is 2.29. The summed E-state index contributed by atoms with van der Waals surface area (Å²) in [6, 6.07) is 8.03. The molecule has 1 N–H and O–H groups in total. The molecule has 1 atom stereocenters. The third-order valence-corrected chi connectivity index (χ3v) is 5.61. The van der Waals surface area contributed by atoms with Gasteiger partial charge < -0.3 is 14.7 Å². The van der Waals surface area contributed by atoms with Crippen LogP contribution in [0.15, 0.2) is 24.3 Å². The SMILES string of the molecule is CCCCCCC[C@@](O)(CCN1CCCCC1)c1ccc(OC)cc1. The zero-order chi connectivity index (χ0) is 18.0. The highest BCUT2D eigenvalue weighted by atomic mass is 16.5. The van der Waals surface area contributed by atoms with Gasteiger partial charge in [-0.3, -0.25) is 0 Å². The lowest BCUT2D eigenvalue weighted by atomic mass is 9.85. The standard InChI is InChI=1S/C22H37NO2/c1-3-4-5-6-8-15-22(24,16-19-23-17-9-7-10-18-23)20-11-13-21(25-2)14-12-20/h11-14,24H,3-10,15-19H2,1-2H3/t22-/m1/s1.